The summed E-state index contributed by atoms with van der Waals surface area (Å²) in [6.07, 6.45) is 2.96. The van der Waals surface area contributed by atoms with Gasteiger partial charge in [-0.2, -0.15) is 0 Å². The number of ether oxygens (including phenoxy) is 2. The monoisotopic (exact) mass is 593 g/mol. The van der Waals surface area contributed by atoms with Crippen LogP contribution in [0, 0.1) is 11.8 Å². The van der Waals surface area contributed by atoms with Crippen molar-refractivity contribution in [3.63, 3.8) is 0 Å². The molecule has 2 N–H and O–H groups in total. The highest BCUT2D eigenvalue weighted by Gasteiger charge is 2.39. The quantitative estimate of drug-likeness (QED) is 0.235. The second-order valence-electron chi connectivity index (χ2n) is 12.9. The molecule has 2 aromatic rings. The number of anilines is 1. The lowest BCUT2D eigenvalue weighted by molar-refractivity contribution is -0.144. The van der Waals surface area contributed by atoms with Crippen molar-refractivity contribution in [2.45, 2.75) is 98.4 Å². The summed E-state index contributed by atoms with van der Waals surface area (Å²) in [7, 11) is 1.58. The second kappa shape index (κ2) is 16.1. The van der Waals surface area contributed by atoms with E-state index in [1.807, 2.05) is 45.0 Å². The maximum absolute atomic E-state index is 14.6. The zero-order valence-electron chi connectivity index (χ0n) is 27.4. The van der Waals surface area contributed by atoms with Gasteiger partial charge in [-0.05, 0) is 100 Å². The number of amides is 3. The van der Waals surface area contributed by atoms with Gasteiger partial charge in [-0.1, -0.05) is 58.5 Å². The molecular formula is C35H51N3O5. The molecular weight excluding hydrogens is 542 g/mol. The predicted octanol–water partition coefficient (Wildman–Crippen LogP) is 7.61. The van der Waals surface area contributed by atoms with Gasteiger partial charge in [0.25, 0.3) is 5.91 Å². The van der Waals surface area contributed by atoms with Crippen molar-refractivity contribution in [1.29, 1.82) is 0 Å². The molecule has 0 aliphatic carbocycles. The topological polar surface area (TPSA) is 97.0 Å². The van der Waals surface area contributed by atoms with Crippen LogP contribution in [0.25, 0.3) is 6.08 Å². The van der Waals surface area contributed by atoms with Gasteiger partial charge in [0.15, 0.2) is 0 Å². The molecule has 0 fully saturated rings. The first-order valence-corrected chi connectivity index (χ1v) is 15.1. The molecule has 2 rings (SSSR count). The molecule has 236 valence electrons. The number of benzene rings is 2. The van der Waals surface area contributed by atoms with Gasteiger partial charge in [0, 0.05) is 11.7 Å². The van der Waals surface area contributed by atoms with Crippen LogP contribution >= 0.6 is 0 Å². The van der Waals surface area contributed by atoms with Crippen molar-refractivity contribution in [3.8, 4) is 5.75 Å². The Hall–Kier alpha value is -3.81. The van der Waals surface area contributed by atoms with Crippen molar-refractivity contribution in [2.75, 3.05) is 12.4 Å². The average molecular weight is 594 g/mol. The Bertz CT molecular complexity index is 1220. The number of carbonyl (C=O) groups excluding carboxylic acids is 3. The Kier molecular flexibility index (Phi) is 13.3. The third kappa shape index (κ3) is 11.4. The summed E-state index contributed by atoms with van der Waals surface area (Å²) in [6.45, 7) is 19.4. The highest BCUT2D eigenvalue weighted by molar-refractivity contribution is 5.99. The fourth-order valence-electron chi connectivity index (χ4n) is 4.81. The van der Waals surface area contributed by atoms with E-state index in [1.54, 1.807) is 63.1 Å². The lowest BCUT2D eigenvalue weighted by atomic mass is 9.94. The summed E-state index contributed by atoms with van der Waals surface area (Å²) < 4.78 is 10.8. The van der Waals surface area contributed by atoms with Crippen LogP contribution < -0.4 is 15.4 Å². The summed E-state index contributed by atoms with van der Waals surface area (Å²) >= 11 is 0. The molecule has 0 aliphatic heterocycles. The number of nitrogens with one attached hydrogen (secondary N) is 2. The number of alkyl carbamates (subject to hydrolysis) is 1. The summed E-state index contributed by atoms with van der Waals surface area (Å²) in [6, 6.07) is 12.3. The number of rotatable bonds is 14. The molecule has 8 heteroatoms. The molecule has 0 saturated heterocycles. The van der Waals surface area contributed by atoms with Crippen LogP contribution in [-0.4, -0.2) is 47.6 Å². The maximum Gasteiger partial charge on any atom is 0.408 e. The van der Waals surface area contributed by atoms with Gasteiger partial charge in [-0.15, -0.1) is 0 Å². The maximum atomic E-state index is 14.6. The number of nitrogens with zero attached hydrogens (tertiary/aromatic N) is 1. The van der Waals surface area contributed by atoms with Gasteiger partial charge in [0.05, 0.1) is 7.11 Å². The molecule has 0 aliphatic rings. The third-order valence-corrected chi connectivity index (χ3v) is 6.93. The number of methoxy groups -OCH3 is 1. The first-order valence-electron chi connectivity index (χ1n) is 15.1. The molecule has 0 radical (unpaired) electrons. The molecule has 0 bridgehead atoms. The van der Waals surface area contributed by atoms with Crippen molar-refractivity contribution in [1.82, 2.24) is 10.2 Å². The van der Waals surface area contributed by atoms with Gasteiger partial charge >= 0.3 is 6.09 Å². The molecule has 0 saturated carbocycles. The predicted molar refractivity (Wildman–Crippen MR) is 174 cm³/mol. The Labute approximate surface area is 258 Å². The van der Waals surface area contributed by atoms with E-state index in [2.05, 4.69) is 31.1 Å². The average Bonchev–Trinajstić information content (AvgIpc) is 2.92. The van der Waals surface area contributed by atoms with Crippen LogP contribution in [0.2, 0.25) is 0 Å². The van der Waals surface area contributed by atoms with E-state index in [4.69, 9.17) is 9.47 Å². The zero-order valence-corrected chi connectivity index (χ0v) is 27.4. The molecule has 3 unspecified atom stereocenters. The lowest BCUT2D eigenvalue weighted by Crippen LogP contribution is -2.55. The Balaban J connectivity index is 2.65. The van der Waals surface area contributed by atoms with Gasteiger partial charge in [-0.25, -0.2) is 4.79 Å². The molecule has 0 heterocycles. The summed E-state index contributed by atoms with van der Waals surface area (Å²) in [5.74, 6) is 0.456. The minimum absolute atomic E-state index is 0.0902. The van der Waals surface area contributed by atoms with Crippen LogP contribution in [0.4, 0.5) is 10.5 Å². The van der Waals surface area contributed by atoms with Crippen LogP contribution in [0.15, 0.2) is 55.1 Å². The number of carbonyl (C=O) groups is 3. The van der Waals surface area contributed by atoms with Crippen molar-refractivity contribution >= 4 is 29.7 Å². The van der Waals surface area contributed by atoms with Gasteiger partial charge in [-0.3, -0.25) is 9.59 Å². The molecule has 3 amide bonds. The molecule has 0 aromatic heterocycles. The molecule has 43 heavy (non-hydrogen) atoms. The van der Waals surface area contributed by atoms with E-state index in [0.717, 1.165) is 12.0 Å². The van der Waals surface area contributed by atoms with Crippen LogP contribution in [-0.2, 0) is 14.3 Å². The number of hydrogen-bond acceptors (Lipinski definition) is 5. The van der Waals surface area contributed by atoms with E-state index < -0.39 is 23.8 Å². The van der Waals surface area contributed by atoms with Gasteiger partial charge in [0.1, 0.15) is 23.4 Å². The van der Waals surface area contributed by atoms with Crippen molar-refractivity contribution in [2.24, 2.45) is 11.8 Å². The third-order valence-electron chi connectivity index (χ3n) is 6.93. The van der Waals surface area contributed by atoms with E-state index in [-0.39, 0.29) is 23.8 Å². The smallest absolute Gasteiger partial charge is 0.408 e. The zero-order chi connectivity index (χ0) is 32.3. The Morgan fingerprint density at radius 3 is 2.14 bits per heavy atom. The van der Waals surface area contributed by atoms with Crippen LogP contribution in [0.1, 0.15) is 91.8 Å². The Morgan fingerprint density at radius 2 is 1.60 bits per heavy atom. The van der Waals surface area contributed by atoms with Crippen LogP contribution in [0.5, 0.6) is 5.75 Å². The van der Waals surface area contributed by atoms with Crippen molar-refractivity contribution in [3.05, 3.63) is 66.2 Å². The minimum atomic E-state index is -0.980. The van der Waals surface area contributed by atoms with Gasteiger partial charge in [0.2, 0.25) is 5.91 Å². The number of hydrogen-bond donors (Lipinski definition) is 2. The van der Waals surface area contributed by atoms with Gasteiger partial charge < -0.3 is 25.0 Å². The standard InChI is InChI=1S/C35H51N3O5/c1-11-26-13-12-14-27(22-26)31(32(39)36-28-17-19-29(42-10)20-18-28)38(25(6)16-15-23(2)3)33(40)30(21-24(4)5)37-34(41)43-35(7,8)9/h11-14,17-20,22-25,30-31H,1,15-16,21H2,2-10H3,(H,36,39)(H,37,41). The normalized spacial score (nSPS) is 13.6. The highest BCUT2D eigenvalue weighted by atomic mass is 16.6. The molecule has 0 spiro atoms. The Morgan fingerprint density at radius 1 is 0.953 bits per heavy atom. The lowest BCUT2D eigenvalue weighted by Gasteiger charge is -2.39. The largest absolute Gasteiger partial charge is 0.497 e. The van der Waals surface area contributed by atoms with E-state index in [9.17, 15) is 14.4 Å². The fraction of sp³-hybridized carbons (Fsp3) is 0.514. The molecule has 2 aromatic carbocycles. The summed E-state index contributed by atoms with van der Waals surface area (Å²) in [5.41, 5.74) is 1.32. The van der Waals surface area contributed by atoms with E-state index in [1.165, 1.54) is 0 Å². The first kappa shape index (κ1) is 35.4. The SMILES string of the molecule is C=Cc1cccc(C(C(=O)Nc2ccc(OC)cc2)N(C(=O)C(CC(C)C)NC(=O)OC(C)(C)C)C(C)CCC(C)C)c1. The fourth-order valence-corrected chi connectivity index (χ4v) is 4.81. The summed E-state index contributed by atoms with van der Waals surface area (Å²) in [5, 5.41) is 5.83. The highest BCUT2D eigenvalue weighted by Crippen LogP contribution is 2.30. The van der Waals surface area contributed by atoms with E-state index in [0.29, 0.717) is 35.8 Å². The van der Waals surface area contributed by atoms with E-state index >= 15 is 0 Å². The second-order valence-corrected chi connectivity index (χ2v) is 12.9. The molecule has 8 nitrogen and oxygen atoms in total. The van der Waals surface area contributed by atoms with Crippen LogP contribution in [0.3, 0.4) is 0 Å². The molecule has 3 atom stereocenters. The first-order chi connectivity index (χ1) is 20.1. The van der Waals surface area contributed by atoms with Crippen molar-refractivity contribution < 1.29 is 23.9 Å². The minimum Gasteiger partial charge on any atom is -0.497 e. The summed E-state index contributed by atoms with van der Waals surface area (Å²) in [4.78, 5) is 43.4.